The Labute approximate surface area is 90.3 Å². The van der Waals surface area contributed by atoms with E-state index in [1.54, 1.807) is 0 Å². The van der Waals surface area contributed by atoms with Crippen molar-refractivity contribution >= 4 is 14.3 Å². The number of azide groups is 1. The highest BCUT2D eigenvalue weighted by atomic mass is 28.4. The van der Waals surface area contributed by atoms with Crippen molar-refractivity contribution in [2.45, 2.75) is 32.7 Å². The lowest BCUT2D eigenvalue weighted by Gasteiger charge is -2.21. The first-order valence-electron chi connectivity index (χ1n) is 4.67. The van der Waals surface area contributed by atoms with Gasteiger partial charge in [-0.25, -0.2) is 0 Å². The number of ether oxygens (including phenoxy) is 1. The molecule has 0 fully saturated rings. The zero-order valence-electron chi connectivity index (χ0n) is 9.56. The first kappa shape index (κ1) is 14.0. The summed E-state index contributed by atoms with van der Waals surface area (Å²) in [5, 5.41) is 3.36. The van der Waals surface area contributed by atoms with Crippen molar-refractivity contribution in [1.29, 1.82) is 0 Å². The Bertz CT molecular complexity index is 254. The van der Waals surface area contributed by atoms with E-state index in [4.69, 9.17) is 14.7 Å². The normalized spacial score (nSPS) is 12.8. The molecule has 6 nitrogen and oxygen atoms in total. The third kappa shape index (κ3) is 9.27. The second-order valence-corrected chi connectivity index (χ2v) is 8.58. The third-order valence-corrected chi connectivity index (χ3v) is 2.42. The van der Waals surface area contributed by atoms with Crippen LogP contribution in [-0.4, -0.2) is 33.5 Å². The zero-order chi connectivity index (χ0) is 11.9. The van der Waals surface area contributed by atoms with E-state index in [1.807, 2.05) is 19.6 Å². The van der Waals surface area contributed by atoms with Gasteiger partial charge in [-0.2, -0.15) is 0 Å². The molecule has 7 heteroatoms. The second kappa shape index (κ2) is 6.44. The summed E-state index contributed by atoms with van der Waals surface area (Å²) >= 11 is 0. The number of carbonyl (C=O) groups excluding carboxylic acids is 1. The molecule has 0 aliphatic carbocycles. The fourth-order valence-electron chi connectivity index (χ4n) is 0.829. The van der Waals surface area contributed by atoms with Gasteiger partial charge in [0, 0.05) is 11.8 Å². The van der Waals surface area contributed by atoms with E-state index in [0.29, 0.717) is 0 Å². The average molecular weight is 231 g/mol. The Morgan fingerprint density at radius 2 is 2.13 bits per heavy atom. The number of carbonyl (C=O) groups is 1. The van der Waals surface area contributed by atoms with E-state index in [0.717, 1.165) is 0 Å². The van der Waals surface area contributed by atoms with Crippen LogP contribution in [-0.2, 0) is 14.0 Å². The van der Waals surface area contributed by atoms with E-state index in [9.17, 15) is 4.79 Å². The number of hydrogen-bond acceptors (Lipinski definition) is 4. The SMILES string of the molecule is CC(=O)OC(CN=[N+]=[N-])CO[Si](C)(C)C. The lowest BCUT2D eigenvalue weighted by atomic mass is 10.4. The summed E-state index contributed by atoms with van der Waals surface area (Å²) in [5.41, 5.74) is 8.16. The van der Waals surface area contributed by atoms with Gasteiger partial charge in [-0.15, -0.1) is 0 Å². The Hall–Kier alpha value is -1.04. The topological polar surface area (TPSA) is 84.3 Å². The van der Waals surface area contributed by atoms with E-state index in [-0.39, 0.29) is 13.2 Å². The van der Waals surface area contributed by atoms with Crippen LogP contribution in [0.25, 0.3) is 10.4 Å². The molecule has 0 aliphatic heterocycles. The fourth-order valence-corrected chi connectivity index (χ4v) is 1.52. The van der Waals surface area contributed by atoms with Crippen LogP contribution < -0.4 is 0 Å². The predicted molar refractivity (Wildman–Crippen MR) is 58.9 cm³/mol. The van der Waals surface area contributed by atoms with E-state index < -0.39 is 20.4 Å². The van der Waals surface area contributed by atoms with Crippen molar-refractivity contribution in [3.05, 3.63) is 10.4 Å². The molecular formula is C8H17N3O3Si. The summed E-state index contributed by atoms with van der Waals surface area (Å²) in [6, 6.07) is 0. The van der Waals surface area contributed by atoms with Crippen molar-refractivity contribution in [1.82, 2.24) is 0 Å². The highest BCUT2D eigenvalue weighted by molar-refractivity contribution is 6.69. The monoisotopic (exact) mass is 231 g/mol. The minimum absolute atomic E-state index is 0.112. The van der Waals surface area contributed by atoms with Crippen molar-refractivity contribution in [3.63, 3.8) is 0 Å². The Kier molecular flexibility index (Phi) is 5.99. The lowest BCUT2D eigenvalue weighted by Crippen LogP contribution is -2.33. The van der Waals surface area contributed by atoms with Crippen LogP contribution in [0.2, 0.25) is 19.6 Å². The lowest BCUT2D eigenvalue weighted by molar-refractivity contribution is -0.147. The Balaban J connectivity index is 4.11. The van der Waals surface area contributed by atoms with Gasteiger partial charge in [0.1, 0.15) is 6.10 Å². The maximum absolute atomic E-state index is 10.7. The van der Waals surface area contributed by atoms with Crippen LogP contribution in [0.1, 0.15) is 6.92 Å². The first-order valence-corrected chi connectivity index (χ1v) is 8.08. The van der Waals surface area contributed by atoms with E-state index in [2.05, 4.69) is 10.0 Å². The number of hydrogen-bond donors (Lipinski definition) is 0. The van der Waals surface area contributed by atoms with Gasteiger partial charge in [0.25, 0.3) is 0 Å². The maximum Gasteiger partial charge on any atom is 0.302 e. The largest absolute Gasteiger partial charge is 0.460 e. The average Bonchev–Trinajstić information content (AvgIpc) is 2.07. The van der Waals surface area contributed by atoms with Gasteiger partial charge in [-0.05, 0) is 25.2 Å². The molecule has 86 valence electrons. The number of nitrogens with zero attached hydrogens (tertiary/aromatic N) is 3. The summed E-state index contributed by atoms with van der Waals surface area (Å²) < 4.78 is 10.5. The molecule has 0 heterocycles. The first-order chi connectivity index (χ1) is 6.85. The Morgan fingerprint density at radius 1 is 1.53 bits per heavy atom. The molecule has 0 spiro atoms. The molecule has 0 saturated heterocycles. The van der Waals surface area contributed by atoms with E-state index >= 15 is 0 Å². The van der Waals surface area contributed by atoms with Crippen LogP contribution in [0.4, 0.5) is 0 Å². The fraction of sp³-hybridized carbons (Fsp3) is 0.875. The van der Waals surface area contributed by atoms with Gasteiger partial charge in [0.15, 0.2) is 8.32 Å². The molecular weight excluding hydrogens is 214 g/mol. The summed E-state index contributed by atoms with van der Waals surface area (Å²) in [6.07, 6.45) is -0.481. The third-order valence-electron chi connectivity index (χ3n) is 1.38. The van der Waals surface area contributed by atoms with Gasteiger partial charge in [0.2, 0.25) is 0 Å². The molecule has 0 rings (SSSR count). The molecule has 0 aromatic rings. The van der Waals surface area contributed by atoms with Crippen LogP contribution in [0, 0.1) is 0 Å². The minimum atomic E-state index is -1.64. The minimum Gasteiger partial charge on any atom is -0.460 e. The zero-order valence-corrected chi connectivity index (χ0v) is 10.6. The summed E-state index contributed by atoms with van der Waals surface area (Å²) in [4.78, 5) is 13.4. The molecule has 0 bridgehead atoms. The summed E-state index contributed by atoms with van der Waals surface area (Å²) in [6.45, 7) is 7.81. The highest BCUT2D eigenvalue weighted by Crippen LogP contribution is 2.05. The molecule has 15 heavy (non-hydrogen) atoms. The van der Waals surface area contributed by atoms with Crippen molar-refractivity contribution in [2.75, 3.05) is 13.2 Å². The highest BCUT2D eigenvalue weighted by Gasteiger charge is 2.18. The van der Waals surface area contributed by atoms with Gasteiger partial charge >= 0.3 is 5.97 Å². The number of esters is 1. The molecule has 0 N–H and O–H groups in total. The van der Waals surface area contributed by atoms with Crippen molar-refractivity contribution in [2.24, 2.45) is 5.11 Å². The van der Waals surface area contributed by atoms with Crippen LogP contribution >= 0.6 is 0 Å². The Morgan fingerprint density at radius 3 is 2.53 bits per heavy atom. The predicted octanol–water partition coefficient (Wildman–Crippen LogP) is 2.08. The smallest absolute Gasteiger partial charge is 0.302 e. The van der Waals surface area contributed by atoms with Gasteiger partial charge in [-0.1, -0.05) is 5.11 Å². The molecule has 1 unspecified atom stereocenters. The molecule has 0 radical (unpaired) electrons. The summed E-state index contributed by atoms with van der Waals surface area (Å²) in [7, 11) is -1.64. The molecule has 0 aliphatic rings. The van der Waals surface area contributed by atoms with Crippen LogP contribution in [0.15, 0.2) is 5.11 Å². The molecule has 0 aromatic heterocycles. The van der Waals surface area contributed by atoms with Gasteiger partial charge < -0.3 is 9.16 Å². The molecule has 1 atom stereocenters. The van der Waals surface area contributed by atoms with Crippen molar-refractivity contribution in [3.8, 4) is 0 Å². The quantitative estimate of drug-likeness (QED) is 0.230. The van der Waals surface area contributed by atoms with E-state index in [1.165, 1.54) is 6.92 Å². The molecule has 0 amide bonds. The van der Waals surface area contributed by atoms with Crippen LogP contribution in [0.5, 0.6) is 0 Å². The van der Waals surface area contributed by atoms with Crippen molar-refractivity contribution < 1.29 is 14.0 Å². The second-order valence-electron chi connectivity index (χ2n) is 4.07. The van der Waals surface area contributed by atoms with Gasteiger partial charge in [-0.3, -0.25) is 4.79 Å². The molecule has 0 saturated carbocycles. The molecule has 0 aromatic carbocycles. The van der Waals surface area contributed by atoms with Crippen LogP contribution in [0.3, 0.4) is 0 Å². The maximum atomic E-state index is 10.7. The summed E-state index contributed by atoms with van der Waals surface area (Å²) in [5.74, 6) is -0.396. The van der Waals surface area contributed by atoms with Gasteiger partial charge in [0.05, 0.1) is 13.2 Å². The standard InChI is InChI=1S/C8H17N3O3Si/c1-7(12)14-8(5-10-11-9)6-13-15(2,3)4/h8H,5-6H2,1-4H3. The number of rotatable bonds is 6.